The number of aromatic nitrogens is 1. The van der Waals surface area contributed by atoms with Gasteiger partial charge in [-0.05, 0) is 31.5 Å². The van der Waals surface area contributed by atoms with E-state index in [0.29, 0.717) is 28.3 Å². The van der Waals surface area contributed by atoms with Gasteiger partial charge in [0.25, 0.3) is 11.8 Å². The molecule has 25 heavy (non-hydrogen) atoms. The highest BCUT2D eigenvalue weighted by molar-refractivity contribution is 6.06. The Morgan fingerprint density at radius 1 is 1.24 bits per heavy atom. The van der Waals surface area contributed by atoms with Crippen LogP contribution in [0.15, 0.2) is 24.3 Å². The van der Waals surface area contributed by atoms with Gasteiger partial charge >= 0.3 is 5.97 Å². The number of primary amides is 1. The van der Waals surface area contributed by atoms with E-state index >= 15 is 0 Å². The Bertz CT molecular complexity index is 826. The van der Waals surface area contributed by atoms with Gasteiger partial charge in [0.1, 0.15) is 11.4 Å². The topological polar surface area (TPSA) is 124 Å². The molecule has 0 unspecified atom stereocenters. The Morgan fingerprint density at radius 2 is 1.96 bits per heavy atom. The second-order valence-electron chi connectivity index (χ2n) is 5.35. The second-order valence-corrected chi connectivity index (χ2v) is 5.35. The van der Waals surface area contributed by atoms with Gasteiger partial charge in [0.2, 0.25) is 0 Å². The molecule has 0 spiro atoms. The highest BCUT2D eigenvalue weighted by Gasteiger charge is 2.22. The van der Waals surface area contributed by atoms with Crippen LogP contribution in [-0.4, -0.2) is 36.5 Å². The molecule has 8 heteroatoms. The number of esters is 1. The van der Waals surface area contributed by atoms with Gasteiger partial charge in [-0.15, -0.1) is 0 Å². The number of hydrogen-bond donors (Lipinski definition) is 3. The summed E-state index contributed by atoms with van der Waals surface area (Å²) >= 11 is 0. The molecule has 2 aromatic rings. The van der Waals surface area contributed by atoms with Crippen LogP contribution in [0.2, 0.25) is 0 Å². The van der Waals surface area contributed by atoms with Crippen molar-refractivity contribution in [2.45, 2.75) is 13.8 Å². The smallest absolute Gasteiger partial charge is 0.339 e. The Balaban J connectivity index is 2.19. The standard InChI is InChI=1S/C17H19N3O5/c1-9-14(17(23)24-3)10(2)19-15(9)16(22)20-11-5-4-6-12(7-11)25-8-13(18)21/h4-7,19H,8H2,1-3H3,(H2,18,21)(H,20,22). The average molecular weight is 345 g/mol. The molecule has 2 rings (SSSR count). The van der Waals surface area contributed by atoms with E-state index in [4.69, 9.17) is 15.2 Å². The Kier molecular flexibility index (Phi) is 5.43. The number of nitrogens with two attached hydrogens (primary N) is 1. The lowest BCUT2D eigenvalue weighted by Gasteiger charge is -2.08. The third-order valence-corrected chi connectivity index (χ3v) is 3.53. The van der Waals surface area contributed by atoms with Crippen LogP contribution in [0.1, 0.15) is 32.1 Å². The SMILES string of the molecule is COC(=O)c1c(C)[nH]c(C(=O)Nc2cccc(OCC(N)=O)c2)c1C. The minimum atomic E-state index is -0.595. The molecule has 0 radical (unpaired) electrons. The van der Waals surface area contributed by atoms with Crippen molar-refractivity contribution in [1.82, 2.24) is 4.98 Å². The number of amides is 2. The number of hydrogen-bond acceptors (Lipinski definition) is 5. The fraction of sp³-hybridized carbons (Fsp3) is 0.235. The third kappa shape index (κ3) is 4.17. The number of benzene rings is 1. The van der Waals surface area contributed by atoms with Gasteiger partial charge in [-0.3, -0.25) is 9.59 Å². The van der Waals surface area contributed by atoms with Crippen LogP contribution in [0.4, 0.5) is 5.69 Å². The number of carbonyl (C=O) groups is 3. The molecule has 1 heterocycles. The summed E-state index contributed by atoms with van der Waals surface area (Å²) in [5, 5.41) is 2.71. The summed E-state index contributed by atoms with van der Waals surface area (Å²) in [5.74, 6) is -1.12. The number of methoxy groups -OCH3 is 1. The normalized spacial score (nSPS) is 10.2. The molecular weight excluding hydrogens is 326 g/mol. The first-order chi connectivity index (χ1) is 11.8. The fourth-order valence-corrected chi connectivity index (χ4v) is 2.40. The van der Waals surface area contributed by atoms with Crippen molar-refractivity contribution >= 4 is 23.5 Å². The van der Waals surface area contributed by atoms with Crippen LogP contribution in [-0.2, 0) is 9.53 Å². The van der Waals surface area contributed by atoms with Crippen molar-refractivity contribution in [2.75, 3.05) is 19.0 Å². The van der Waals surface area contributed by atoms with E-state index in [9.17, 15) is 14.4 Å². The Labute approximate surface area is 144 Å². The Morgan fingerprint density at radius 3 is 2.60 bits per heavy atom. The van der Waals surface area contributed by atoms with Gasteiger partial charge < -0.3 is 25.5 Å². The van der Waals surface area contributed by atoms with Crippen molar-refractivity contribution in [2.24, 2.45) is 5.73 Å². The first kappa shape index (κ1) is 18.1. The lowest BCUT2D eigenvalue weighted by atomic mass is 10.1. The number of rotatable bonds is 6. The summed E-state index contributed by atoms with van der Waals surface area (Å²) in [4.78, 5) is 37.9. The summed E-state index contributed by atoms with van der Waals surface area (Å²) in [7, 11) is 1.28. The van der Waals surface area contributed by atoms with Gasteiger partial charge in [-0.25, -0.2) is 4.79 Å². The lowest BCUT2D eigenvalue weighted by Crippen LogP contribution is -2.20. The van der Waals surface area contributed by atoms with Crippen LogP contribution in [0.25, 0.3) is 0 Å². The molecule has 8 nitrogen and oxygen atoms in total. The van der Waals surface area contributed by atoms with Gasteiger partial charge in [0, 0.05) is 17.4 Å². The van der Waals surface area contributed by atoms with Crippen molar-refractivity contribution in [3.05, 3.63) is 46.8 Å². The van der Waals surface area contributed by atoms with Gasteiger partial charge in [0.15, 0.2) is 6.61 Å². The minimum absolute atomic E-state index is 0.255. The van der Waals surface area contributed by atoms with Crippen LogP contribution in [0.5, 0.6) is 5.75 Å². The highest BCUT2D eigenvalue weighted by atomic mass is 16.5. The van der Waals surface area contributed by atoms with E-state index in [1.807, 2.05) is 0 Å². The maximum atomic E-state index is 12.5. The number of aryl methyl sites for hydroxylation is 1. The molecule has 1 aromatic heterocycles. The monoisotopic (exact) mass is 345 g/mol. The van der Waals surface area contributed by atoms with Gasteiger partial charge in [-0.2, -0.15) is 0 Å². The first-order valence-electron chi connectivity index (χ1n) is 7.43. The van der Waals surface area contributed by atoms with Crippen molar-refractivity contribution in [1.29, 1.82) is 0 Å². The zero-order chi connectivity index (χ0) is 18.6. The third-order valence-electron chi connectivity index (χ3n) is 3.53. The number of anilines is 1. The molecule has 0 aliphatic heterocycles. The zero-order valence-corrected chi connectivity index (χ0v) is 14.1. The molecule has 0 aliphatic carbocycles. The number of nitrogens with one attached hydrogen (secondary N) is 2. The quantitative estimate of drug-likeness (QED) is 0.685. The molecule has 0 atom stereocenters. The number of H-pyrrole nitrogens is 1. The molecule has 2 amide bonds. The summed E-state index contributed by atoms with van der Waals surface area (Å²) in [5.41, 5.74) is 7.16. The lowest BCUT2D eigenvalue weighted by molar-refractivity contribution is -0.119. The number of carbonyl (C=O) groups excluding carboxylic acids is 3. The molecule has 0 saturated heterocycles. The number of aromatic amines is 1. The maximum Gasteiger partial charge on any atom is 0.339 e. The van der Waals surface area contributed by atoms with Gasteiger partial charge in [-0.1, -0.05) is 6.07 Å². The zero-order valence-electron chi connectivity index (χ0n) is 14.1. The van der Waals surface area contributed by atoms with E-state index in [0.717, 1.165) is 0 Å². The summed E-state index contributed by atoms with van der Waals surface area (Å²) in [6.07, 6.45) is 0. The summed E-state index contributed by atoms with van der Waals surface area (Å²) < 4.78 is 9.92. The molecule has 0 aliphatic rings. The van der Waals surface area contributed by atoms with Crippen molar-refractivity contribution < 1.29 is 23.9 Å². The van der Waals surface area contributed by atoms with E-state index in [2.05, 4.69) is 10.3 Å². The van der Waals surface area contributed by atoms with Crippen LogP contribution in [0.3, 0.4) is 0 Å². The maximum absolute atomic E-state index is 12.5. The summed E-state index contributed by atoms with van der Waals surface area (Å²) in [6, 6.07) is 6.53. The van der Waals surface area contributed by atoms with Crippen molar-refractivity contribution in [3.63, 3.8) is 0 Å². The van der Waals surface area contributed by atoms with Crippen LogP contribution < -0.4 is 15.8 Å². The Hall–Kier alpha value is -3.29. The predicted octanol–water partition coefficient (Wildman–Crippen LogP) is 1.53. The van der Waals surface area contributed by atoms with Crippen molar-refractivity contribution in [3.8, 4) is 5.75 Å². The molecule has 4 N–H and O–H groups in total. The first-order valence-corrected chi connectivity index (χ1v) is 7.43. The summed E-state index contributed by atoms with van der Waals surface area (Å²) in [6.45, 7) is 3.10. The highest BCUT2D eigenvalue weighted by Crippen LogP contribution is 2.22. The molecule has 1 aromatic carbocycles. The van der Waals surface area contributed by atoms with Crippen LogP contribution in [0, 0.1) is 13.8 Å². The largest absolute Gasteiger partial charge is 0.484 e. The fourth-order valence-electron chi connectivity index (χ4n) is 2.40. The van der Waals surface area contributed by atoms with Crippen LogP contribution >= 0.6 is 0 Å². The average Bonchev–Trinajstić information content (AvgIpc) is 2.87. The van der Waals surface area contributed by atoms with E-state index in [1.54, 1.807) is 38.1 Å². The number of ether oxygens (including phenoxy) is 2. The predicted molar refractivity (Wildman–Crippen MR) is 90.7 cm³/mol. The molecule has 132 valence electrons. The van der Waals surface area contributed by atoms with E-state index in [1.165, 1.54) is 7.11 Å². The molecule has 0 saturated carbocycles. The minimum Gasteiger partial charge on any atom is -0.484 e. The van der Waals surface area contributed by atoms with E-state index in [-0.39, 0.29) is 12.3 Å². The van der Waals surface area contributed by atoms with E-state index < -0.39 is 17.8 Å². The van der Waals surface area contributed by atoms with Gasteiger partial charge in [0.05, 0.1) is 12.7 Å². The molecule has 0 fully saturated rings. The molecular formula is C17H19N3O5. The second kappa shape index (κ2) is 7.52. The molecule has 0 bridgehead atoms.